The van der Waals surface area contributed by atoms with Gasteiger partial charge in [-0.2, -0.15) is 0 Å². The number of rotatable bonds is 1. The quantitative estimate of drug-likeness (QED) is 0.637. The molecule has 0 amide bonds. The van der Waals surface area contributed by atoms with Gasteiger partial charge in [-0.1, -0.05) is 67.8 Å². The molecule has 1 saturated carbocycles. The van der Waals surface area contributed by atoms with Crippen molar-refractivity contribution in [1.82, 2.24) is 0 Å². The van der Waals surface area contributed by atoms with Crippen LogP contribution in [-0.2, 0) is 0 Å². The lowest BCUT2D eigenvalue weighted by Crippen LogP contribution is -2.09. The van der Waals surface area contributed by atoms with Crippen LogP contribution in [0, 0.1) is 5.92 Å². The molecule has 1 fully saturated rings. The standard InChI is InChI=1S/C19H20/c1-2-8-14(9-3-1)19-17-12-6-4-10-15(17)16-11-5-7-13-18(16)19/h4-7,10-15H,1-3,8-9H2. The minimum Gasteiger partial charge on any atom is -0.0726 e. The third-order valence-electron chi connectivity index (χ3n) is 4.94. The lowest BCUT2D eigenvalue weighted by atomic mass is 9.80. The molecule has 0 nitrogen and oxygen atoms in total. The van der Waals surface area contributed by atoms with Crippen LogP contribution in [0.15, 0.2) is 54.1 Å². The number of hydrogen-bond donors (Lipinski definition) is 0. The monoisotopic (exact) mass is 248 g/mol. The second kappa shape index (κ2) is 4.52. The molecular formula is C19H20. The van der Waals surface area contributed by atoms with Crippen molar-refractivity contribution in [2.75, 3.05) is 0 Å². The number of benzene rings is 1. The minimum atomic E-state index is 0.526. The van der Waals surface area contributed by atoms with Gasteiger partial charge in [0.25, 0.3) is 0 Å². The molecule has 0 saturated heterocycles. The highest BCUT2D eigenvalue weighted by molar-refractivity contribution is 5.83. The summed E-state index contributed by atoms with van der Waals surface area (Å²) < 4.78 is 0. The van der Waals surface area contributed by atoms with E-state index in [0.717, 1.165) is 5.92 Å². The van der Waals surface area contributed by atoms with Crippen LogP contribution in [0.1, 0.15) is 49.1 Å². The highest BCUT2D eigenvalue weighted by Crippen LogP contribution is 2.50. The molecular weight excluding hydrogens is 228 g/mol. The molecule has 0 spiro atoms. The van der Waals surface area contributed by atoms with Crippen molar-refractivity contribution in [2.24, 2.45) is 5.92 Å². The zero-order valence-corrected chi connectivity index (χ0v) is 11.3. The lowest BCUT2D eigenvalue weighted by Gasteiger charge is -2.25. The average molecular weight is 248 g/mol. The molecule has 0 bridgehead atoms. The molecule has 96 valence electrons. The Labute approximate surface area is 115 Å². The summed E-state index contributed by atoms with van der Waals surface area (Å²) >= 11 is 0. The molecule has 1 unspecified atom stereocenters. The normalized spacial score (nSPS) is 25.6. The molecule has 1 atom stereocenters. The Morgan fingerprint density at radius 2 is 1.74 bits per heavy atom. The van der Waals surface area contributed by atoms with Crippen molar-refractivity contribution < 1.29 is 0 Å². The summed E-state index contributed by atoms with van der Waals surface area (Å²) in [6.07, 6.45) is 16.2. The Balaban J connectivity index is 1.85. The van der Waals surface area contributed by atoms with E-state index in [0.29, 0.717) is 5.92 Å². The Morgan fingerprint density at radius 3 is 2.63 bits per heavy atom. The van der Waals surface area contributed by atoms with E-state index in [4.69, 9.17) is 0 Å². The van der Waals surface area contributed by atoms with E-state index in [9.17, 15) is 0 Å². The van der Waals surface area contributed by atoms with Gasteiger partial charge in [0.2, 0.25) is 0 Å². The Hall–Kier alpha value is -1.56. The zero-order valence-electron chi connectivity index (χ0n) is 11.3. The van der Waals surface area contributed by atoms with Crippen LogP contribution in [0.2, 0.25) is 0 Å². The Morgan fingerprint density at radius 1 is 0.895 bits per heavy atom. The first-order valence-electron chi connectivity index (χ1n) is 7.63. The largest absolute Gasteiger partial charge is 0.0726 e. The molecule has 0 radical (unpaired) electrons. The maximum absolute atomic E-state index is 2.37. The SMILES string of the molecule is C1=CC2=C(C3CCCCC3)c3ccccc3C2C=C1. The molecule has 0 heteroatoms. The topological polar surface area (TPSA) is 0 Å². The number of allylic oxidation sites excluding steroid dienone is 6. The van der Waals surface area contributed by atoms with Crippen molar-refractivity contribution in [3.63, 3.8) is 0 Å². The third-order valence-corrected chi connectivity index (χ3v) is 4.94. The van der Waals surface area contributed by atoms with E-state index < -0.39 is 0 Å². The van der Waals surface area contributed by atoms with Gasteiger partial charge in [-0.05, 0) is 41.0 Å². The minimum absolute atomic E-state index is 0.526. The molecule has 0 N–H and O–H groups in total. The van der Waals surface area contributed by atoms with Gasteiger partial charge < -0.3 is 0 Å². The first-order chi connectivity index (χ1) is 9.45. The van der Waals surface area contributed by atoms with Crippen molar-refractivity contribution >= 4 is 5.57 Å². The van der Waals surface area contributed by atoms with E-state index >= 15 is 0 Å². The molecule has 3 aliphatic rings. The van der Waals surface area contributed by atoms with E-state index in [1.165, 1.54) is 43.2 Å². The fourth-order valence-corrected chi connectivity index (χ4v) is 4.09. The summed E-state index contributed by atoms with van der Waals surface area (Å²) in [6, 6.07) is 9.05. The highest BCUT2D eigenvalue weighted by atomic mass is 14.4. The fourth-order valence-electron chi connectivity index (χ4n) is 4.09. The van der Waals surface area contributed by atoms with E-state index in [-0.39, 0.29) is 0 Å². The van der Waals surface area contributed by atoms with Gasteiger partial charge in [0.05, 0.1) is 0 Å². The summed E-state index contributed by atoms with van der Waals surface area (Å²) in [5, 5.41) is 0. The summed E-state index contributed by atoms with van der Waals surface area (Å²) in [7, 11) is 0. The predicted molar refractivity (Wildman–Crippen MR) is 81.0 cm³/mol. The third kappa shape index (κ3) is 1.74. The molecule has 4 rings (SSSR count). The van der Waals surface area contributed by atoms with Gasteiger partial charge in [0, 0.05) is 5.92 Å². The molecule has 0 aliphatic heterocycles. The van der Waals surface area contributed by atoms with E-state index in [1.54, 1.807) is 11.1 Å². The van der Waals surface area contributed by atoms with Crippen LogP contribution in [0.3, 0.4) is 0 Å². The number of fused-ring (bicyclic) bond motifs is 3. The van der Waals surface area contributed by atoms with Gasteiger partial charge in [0.15, 0.2) is 0 Å². The smallest absolute Gasteiger partial charge is 0.0281 e. The summed E-state index contributed by atoms with van der Waals surface area (Å²) in [5.74, 6) is 1.32. The summed E-state index contributed by atoms with van der Waals surface area (Å²) in [6.45, 7) is 0. The fraction of sp³-hybridized carbons (Fsp3) is 0.368. The molecule has 1 aromatic carbocycles. The van der Waals surface area contributed by atoms with Crippen LogP contribution in [0.4, 0.5) is 0 Å². The first-order valence-corrected chi connectivity index (χ1v) is 7.63. The predicted octanol–water partition coefficient (Wildman–Crippen LogP) is 5.24. The van der Waals surface area contributed by atoms with Gasteiger partial charge in [-0.3, -0.25) is 0 Å². The van der Waals surface area contributed by atoms with Crippen LogP contribution >= 0.6 is 0 Å². The van der Waals surface area contributed by atoms with Gasteiger partial charge in [-0.25, -0.2) is 0 Å². The van der Waals surface area contributed by atoms with E-state index in [2.05, 4.69) is 48.6 Å². The molecule has 0 heterocycles. The first kappa shape index (κ1) is 11.3. The van der Waals surface area contributed by atoms with Crippen molar-refractivity contribution in [3.05, 3.63) is 65.3 Å². The zero-order chi connectivity index (χ0) is 12.7. The maximum Gasteiger partial charge on any atom is 0.0281 e. The Bertz CT molecular complexity index is 580. The highest BCUT2D eigenvalue weighted by Gasteiger charge is 2.33. The maximum atomic E-state index is 2.37. The second-order valence-electron chi connectivity index (χ2n) is 6.01. The van der Waals surface area contributed by atoms with Crippen LogP contribution in [0.25, 0.3) is 5.57 Å². The molecule has 3 aliphatic carbocycles. The van der Waals surface area contributed by atoms with Gasteiger partial charge >= 0.3 is 0 Å². The van der Waals surface area contributed by atoms with Gasteiger partial charge in [-0.15, -0.1) is 0 Å². The summed E-state index contributed by atoms with van der Waals surface area (Å²) in [4.78, 5) is 0. The second-order valence-corrected chi connectivity index (χ2v) is 6.01. The van der Waals surface area contributed by atoms with Crippen molar-refractivity contribution in [2.45, 2.75) is 38.0 Å². The lowest BCUT2D eigenvalue weighted by molar-refractivity contribution is 0.429. The van der Waals surface area contributed by atoms with Crippen molar-refractivity contribution in [1.29, 1.82) is 0 Å². The molecule has 1 aromatic rings. The van der Waals surface area contributed by atoms with E-state index in [1.807, 2.05) is 0 Å². The summed E-state index contributed by atoms with van der Waals surface area (Å²) in [5.41, 5.74) is 6.31. The van der Waals surface area contributed by atoms with Crippen LogP contribution < -0.4 is 0 Å². The molecule has 19 heavy (non-hydrogen) atoms. The number of hydrogen-bond acceptors (Lipinski definition) is 0. The van der Waals surface area contributed by atoms with Crippen molar-refractivity contribution in [3.8, 4) is 0 Å². The van der Waals surface area contributed by atoms with Crippen LogP contribution in [-0.4, -0.2) is 0 Å². The average Bonchev–Trinajstić information content (AvgIpc) is 2.83. The molecule has 0 aromatic heterocycles. The van der Waals surface area contributed by atoms with Gasteiger partial charge in [0.1, 0.15) is 0 Å². The Kier molecular flexibility index (Phi) is 2.69. The van der Waals surface area contributed by atoms with Crippen LogP contribution in [0.5, 0.6) is 0 Å².